The molecule has 0 aromatic heterocycles. The minimum absolute atomic E-state index is 0.324. The van der Waals surface area contributed by atoms with Crippen LogP contribution in [0.2, 0.25) is 0 Å². The van der Waals surface area contributed by atoms with Gasteiger partial charge in [0.15, 0.2) is 0 Å². The number of halogens is 1. The highest BCUT2D eigenvalue weighted by atomic mass is 19.1. The summed E-state index contributed by atoms with van der Waals surface area (Å²) in [5.74, 6) is -0.324. The first-order chi connectivity index (χ1) is 9.31. The van der Waals surface area contributed by atoms with Crippen LogP contribution in [0, 0.1) is 5.82 Å². The van der Waals surface area contributed by atoms with E-state index < -0.39 is 11.7 Å². The predicted molar refractivity (Wildman–Crippen MR) is 78.2 cm³/mol. The summed E-state index contributed by atoms with van der Waals surface area (Å²) in [6.07, 6.45) is 1.78. The molecule has 5 heteroatoms. The van der Waals surface area contributed by atoms with Crippen molar-refractivity contribution < 1.29 is 13.9 Å². The van der Waals surface area contributed by atoms with Crippen molar-refractivity contribution in [2.75, 3.05) is 11.9 Å². The van der Waals surface area contributed by atoms with Gasteiger partial charge in [-0.2, -0.15) is 0 Å². The van der Waals surface area contributed by atoms with E-state index in [1.807, 2.05) is 0 Å². The van der Waals surface area contributed by atoms with Crippen molar-refractivity contribution in [3.8, 4) is 0 Å². The van der Waals surface area contributed by atoms with Crippen molar-refractivity contribution in [2.45, 2.75) is 45.6 Å². The van der Waals surface area contributed by atoms with Crippen LogP contribution in [-0.4, -0.2) is 18.2 Å². The number of aryl methyl sites for hydroxylation is 1. The van der Waals surface area contributed by atoms with Gasteiger partial charge in [0.1, 0.15) is 11.4 Å². The molecule has 1 aromatic rings. The van der Waals surface area contributed by atoms with Crippen LogP contribution in [-0.2, 0) is 11.2 Å². The number of nitrogens with two attached hydrogens (primary N) is 1. The quantitative estimate of drug-likeness (QED) is 0.813. The molecule has 3 N–H and O–H groups in total. The molecule has 0 saturated carbocycles. The van der Waals surface area contributed by atoms with Crippen molar-refractivity contribution >= 4 is 11.8 Å². The second-order valence-corrected chi connectivity index (χ2v) is 5.68. The van der Waals surface area contributed by atoms with E-state index in [4.69, 9.17) is 10.5 Å². The fourth-order valence-electron chi connectivity index (χ4n) is 1.71. The summed E-state index contributed by atoms with van der Waals surface area (Å²) in [7, 11) is 0. The molecule has 20 heavy (non-hydrogen) atoms. The van der Waals surface area contributed by atoms with Gasteiger partial charge in [0.2, 0.25) is 0 Å². The van der Waals surface area contributed by atoms with E-state index in [1.165, 1.54) is 6.07 Å². The van der Waals surface area contributed by atoms with Gasteiger partial charge in [0.25, 0.3) is 0 Å². The molecule has 0 unspecified atom stereocenters. The topological polar surface area (TPSA) is 64.3 Å². The molecule has 0 saturated heterocycles. The lowest BCUT2D eigenvalue weighted by Crippen LogP contribution is -2.27. The Labute approximate surface area is 119 Å². The molecule has 0 radical (unpaired) electrons. The lowest BCUT2D eigenvalue weighted by atomic mass is 10.1. The molecule has 0 heterocycles. The number of carbonyl (C=O) groups excluding carboxylic acids is 1. The Hall–Kier alpha value is -1.62. The summed E-state index contributed by atoms with van der Waals surface area (Å²) in [6, 6.07) is 4.66. The van der Waals surface area contributed by atoms with Gasteiger partial charge in [-0.1, -0.05) is 6.07 Å². The highest BCUT2D eigenvalue weighted by molar-refractivity contribution is 5.84. The van der Waals surface area contributed by atoms with E-state index in [9.17, 15) is 9.18 Å². The Morgan fingerprint density at radius 3 is 2.60 bits per heavy atom. The summed E-state index contributed by atoms with van der Waals surface area (Å²) >= 11 is 0. The first-order valence-electron chi connectivity index (χ1n) is 6.80. The lowest BCUT2D eigenvalue weighted by Gasteiger charge is -2.19. The normalized spacial score (nSPS) is 11.2. The smallest absolute Gasteiger partial charge is 0.412 e. The second kappa shape index (κ2) is 7.24. The van der Waals surface area contributed by atoms with Crippen LogP contribution in [0.25, 0.3) is 0 Å². The van der Waals surface area contributed by atoms with Crippen LogP contribution in [0.15, 0.2) is 18.2 Å². The standard InChI is InChI=1S/C15H23FN2O2/c1-15(2,3)20-14(19)18-12-8-7-11(13(16)10-12)6-4-5-9-17/h7-8,10H,4-6,9,17H2,1-3H3,(H,18,19). The maximum atomic E-state index is 13.8. The average Bonchev–Trinajstić information content (AvgIpc) is 2.29. The molecule has 112 valence electrons. The van der Waals surface area contributed by atoms with Gasteiger partial charge in [-0.25, -0.2) is 9.18 Å². The molecule has 0 aliphatic carbocycles. The van der Waals surface area contributed by atoms with Gasteiger partial charge in [-0.3, -0.25) is 5.32 Å². The monoisotopic (exact) mass is 282 g/mol. The minimum Gasteiger partial charge on any atom is -0.444 e. The molecule has 0 atom stereocenters. The van der Waals surface area contributed by atoms with E-state index in [1.54, 1.807) is 32.9 Å². The van der Waals surface area contributed by atoms with Crippen LogP contribution >= 0.6 is 0 Å². The van der Waals surface area contributed by atoms with Crippen molar-refractivity contribution in [3.63, 3.8) is 0 Å². The van der Waals surface area contributed by atoms with Crippen LogP contribution < -0.4 is 11.1 Å². The molecule has 0 spiro atoms. The fraction of sp³-hybridized carbons (Fsp3) is 0.533. The van der Waals surface area contributed by atoms with Crippen molar-refractivity contribution in [1.82, 2.24) is 0 Å². The maximum Gasteiger partial charge on any atom is 0.412 e. The highest BCUT2D eigenvalue weighted by Gasteiger charge is 2.16. The Balaban J connectivity index is 2.61. The van der Waals surface area contributed by atoms with Gasteiger partial charge < -0.3 is 10.5 Å². The van der Waals surface area contributed by atoms with Crippen molar-refractivity contribution in [2.24, 2.45) is 5.73 Å². The second-order valence-electron chi connectivity index (χ2n) is 5.68. The van der Waals surface area contributed by atoms with Crippen molar-refractivity contribution in [3.05, 3.63) is 29.6 Å². The van der Waals surface area contributed by atoms with E-state index >= 15 is 0 Å². The summed E-state index contributed by atoms with van der Waals surface area (Å²) in [6.45, 7) is 5.93. The summed E-state index contributed by atoms with van der Waals surface area (Å²) in [5.41, 5.74) is 5.85. The number of ether oxygens (including phenoxy) is 1. The van der Waals surface area contributed by atoms with E-state index in [2.05, 4.69) is 5.32 Å². The maximum absolute atomic E-state index is 13.8. The number of amides is 1. The third-order valence-corrected chi connectivity index (χ3v) is 2.60. The van der Waals surface area contributed by atoms with E-state index in [0.717, 1.165) is 12.8 Å². The number of nitrogens with one attached hydrogen (secondary N) is 1. The molecule has 1 rings (SSSR count). The van der Waals surface area contributed by atoms with Gasteiger partial charge in [-0.15, -0.1) is 0 Å². The Bertz CT molecular complexity index is 456. The Morgan fingerprint density at radius 2 is 2.05 bits per heavy atom. The fourth-order valence-corrected chi connectivity index (χ4v) is 1.71. The van der Waals surface area contributed by atoms with Gasteiger partial charge in [-0.05, 0) is 64.3 Å². The zero-order valence-corrected chi connectivity index (χ0v) is 12.3. The zero-order valence-electron chi connectivity index (χ0n) is 12.3. The number of hydrogen-bond acceptors (Lipinski definition) is 3. The zero-order chi connectivity index (χ0) is 15.2. The van der Waals surface area contributed by atoms with Crippen LogP contribution in [0.1, 0.15) is 39.2 Å². The van der Waals surface area contributed by atoms with Crippen molar-refractivity contribution in [1.29, 1.82) is 0 Å². The van der Waals surface area contributed by atoms with Crippen LogP contribution in [0.3, 0.4) is 0 Å². The summed E-state index contributed by atoms with van der Waals surface area (Å²) in [5, 5.41) is 2.51. The predicted octanol–water partition coefficient (Wildman–Crippen LogP) is 3.45. The summed E-state index contributed by atoms with van der Waals surface area (Å²) < 4.78 is 18.9. The largest absolute Gasteiger partial charge is 0.444 e. The first kappa shape index (κ1) is 16.4. The molecule has 1 amide bonds. The molecular weight excluding hydrogens is 259 g/mol. The molecular formula is C15H23FN2O2. The van der Waals surface area contributed by atoms with Gasteiger partial charge in [0.05, 0.1) is 0 Å². The van der Waals surface area contributed by atoms with Crippen LogP contribution in [0.5, 0.6) is 0 Å². The highest BCUT2D eigenvalue weighted by Crippen LogP contribution is 2.17. The number of carbonyl (C=O) groups is 1. The SMILES string of the molecule is CC(C)(C)OC(=O)Nc1ccc(CCCCN)c(F)c1. The Kier molecular flexibility index (Phi) is 5.95. The number of rotatable bonds is 5. The molecule has 1 aromatic carbocycles. The Morgan fingerprint density at radius 1 is 1.35 bits per heavy atom. The number of hydrogen-bond donors (Lipinski definition) is 2. The van der Waals surface area contributed by atoms with Crippen LogP contribution in [0.4, 0.5) is 14.9 Å². The third kappa shape index (κ3) is 6.02. The number of anilines is 1. The minimum atomic E-state index is -0.590. The molecule has 0 aliphatic heterocycles. The average molecular weight is 282 g/mol. The number of unbranched alkanes of at least 4 members (excludes halogenated alkanes) is 1. The van der Waals surface area contributed by atoms with E-state index in [-0.39, 0.29) is 5.82 Å². The van der Waals surface area contributed by atoms with Gasteiger partial charge in [0, 0.05) is 5.69 Å². The molecule has 0 fully saturated rings. The molecule has 4 nitrogen and oxygen atoms in total. The van der Waals surface area contributed by atoms with Gasteiger partial charge >= 0.3 is 6.09 Å². The van der Waals surface area contributed by atoms with E-state index in [0.29, 0.717) is 24.2 Å². The molecule has 0 bridgehead atoms. The number of benzene rings is 1. The first-order valence-corrected chi connectivity index (χ1v) is 6.80. The lowest BCUT2D eigenvalue weighted by molar-refractivity contribution is 0.0636. The molecule has 0 aliphatic rings. The summed E-state index contributed by atoms with van der Waals surface area (Å²) in [4.78, 5) is 11.6. The third-order valence-electron chi connectivity index (χ3n) is 2.60.